The van der Waals surface area contributed by atoms with E-state index < -0.39 is 0 Å². The first-order valence-corrected chi connectivity index (χ1v) is 9.00. The van der Waals surface area contributed by atoms with Crippen LogP contribution in [-0.4, -0.2) is 20.9 Å². The maximum Gasteiger partial charge on any atom is 0.0492 e. The summed E-state index contributed by atoms with van der Waals surface area (Å²) in [6.07, 6.45) is 6.27. The molecule has 0 unspecified atom stereocenters. The van der Waals surface area contributed by atoms with Crippen LogP contribution in [0.2, 0.25) is 0 Å². The lowest BCUT2D eigenvalue weighted by Crippen LogP contribution is -2.26. The van der Waals surface area contributed by atoms with E-state index >= 15 is 0 Å². The molecule has 0 bridgehead atoms. The van der Waals surface area contributed by atoms with E-state index in [0.29, 0.717) is 11.8 Å². The van der Waals surface area contributed by atoms with Gasteiger partial charge in [-0.15, -0.1) is 0 Å². The average molecular weight is 336 g/mol. The number of rotatable bonds is 8. The van der Waals surface area contributed by atoms with Crippen LogP contribution in [0.1, 0.15) is 36.6 Å². The maximum absolute atomic E-state index is 4.31. The van der Waals surface area contributed by atoms with Gasteiger partial charge < -0.3 is 9.88 Å². The van der Waals surface area contributed by atoms with Crippen LogP contribution in [-0.2, 0) is 20.1 Å². The molecule has 2 heterocycles. The molecule has 0 radical (unpaired) electrons. The Morgan fingerprint density at radius 1 is 1.04 bits per heavy atom. The molecule has 4 nitrogen and oxygen atoms in total. The molecule has 0 aliphatic carbocycles. The molecule has 25 heavy (non-hydrogen) atoms. The van der Waals surface area contributed by atoms with Crippen molar-refractivity contribution in [3.63, 3.8) is 0 Å². The number of hydrogen-bond acceptors (Lipinski definition) is 2. The SMILES string of the molecule is CC(C)[C@@H](CNCc1ccn(Cc2ccccc2)c1)c1ccnn1C. The van der Waals surface area contributed by atoms with Gasteiger partial charge in [0.25, 0.3) is 0 Å². The van der Waals surface area contributed by atoms with E-state index in [1.165, 1.54) is 16.8 Å². The van der Waals surface area contributed by atoms with Crippen LogP contribution < -0.4 is 5.32 Å². The van der Waals surface area contributed by atoms with Gasteiger partial charge in [-0.05, 0) is 29.2 Å². The van der Waals surface area contributed by atoms with Gasteiger partial charge in [0.1, 0.15) is 0 Å². The Morgan fingerprint density at radius 3 is 2.52 bits per heavy atom. The molecule has 2 aromatic heterocycles. The highest BCUT2D eigenvalue weighted by molar-refractivity contribution is 5.17. The molecule has 3 aromatic rings. The normalized spacial score (nSPS) is 12.6. The monoisotopic (exact) mass is 336 g/mol. The highest BCUT2D eigenvalue weighted by atomic mass is 15.3. The predicted octanol–water partition coefficient (Wildman–Crippen LogP) is 3.80. The van der Waals surface area contributed by atoms with Crippen LogP contribution in [0.5, 0.6) is 0 Å². The van der Waals surface area contributed by atoms with Gasteiger partial charge in [0.05, 0.1) is 0 Å². The van der Waals surface area contributed by atoms with Crippen LogP contribution in [0.4, 0.5) is 0 Å². The Balaban J connectivity index is 1.54. The van der Waals surface area contributed by atoms with Gasteiger partial charge in [0.2, 0.25) is 0 Å². The molecule has 132 valence electrons. The Morgan fingerprint density at radius 2 is 1.84 bits per heavy atom. The van der Waals surface area contributed by atoms with E-state index in [4.69, 9.17) is 0 Å². The van der Waals surface area contributed by atoms with Crippen LogP contribution in [0.25, 0.3) is 0 Å². The minimum atomic E-state index is 0.471. The fourth-order valence-corrected chi connectivity index (χ4v) is 3.29. The first kappa shape index (κ1) is 17.5. The summed E-state index contributed by atoms with van der Waals surface area (Å²) in [7, 11) is 2.02. The summed E-state index contributed by atoms with van der Waals surface area (Å²) in [6.45, 7) is 7.32. The number of nitrogens with zero attached hydrogens (tertiary/aromatic N) is 3. The summed E-state index contributed by atoms with van der Waals surface area (Å²) in [5.41, 5.74) is 3.95. The van der Waals surface area contributed by atoms with Gasteiger partial charge in [0.15, 0.2) is 0 Å². The summed E-state index contributed by atoms with van der Waals surface area (Å²) < 4.78 is 4.23. The molecule has 0 aliphatic heterocycles. The second kappa shape index (κ2) is 8.17. The minimum absolute atomic E-state index is 0.471. The fourth-order valence-electron chi connectivity index (χ4n) is 3.29. The number of aryl methyl sites for hydroxylation is 1. The highest BCUT2D eigenvalue weighted by Crippen LogP contribution is 2.23. The van der Waals surface area contributed by atoms with E-state index in [2.05, 4.69) is 83.7 Å². The zero-order valence-corrected chi connectivity index (χ0v) is 15.4. The molecule has 0 saturated carbocycles. The standard InChI is InChI=1S/C21H28N4/c1-17(2)20(21-9-11-23-24(21)3)14-22-13-19-10-12-25(16-19)15-18-7-5-4-6-8-18/h4-12,16-17,20,22H,13-15H2,1-3H3/t20-/m1/s1. The summed E-state index contributed by atoms with van der Waals surface area (Å²) in [6, 6.07) is 14.9. The largest absolute Gasteiger partial charge is 0.350 e. The maximum atomic E-state index is 4.31. The topological polar surface area (TPSA) is 34.8 Å². The van der Waals surface area contributed by atoms with E-state index in [1.54, 1.807) is 0 Å². The Kier molecular flexibility index (Phi) is 5.71. The van der Waals surface area contributed by atoms with Gasteiger partial charge >= 0.3 is 0 Å². The highest BCUT2D eigenvalue weighted by Gasteiger charge is 2.18. The first-order valence-electron chi connectivity index (χ1n) is 9.00. The second-order valence-corrected chi connectivity index (χ2v) is 7.04. The van der Waals surface area contributed by atoms with Crippen molar-refractivity contribution in [2.45, 2.75) is 32.9 Å². The van der Waals surface area contributed by atoms with Crippen molar-refractivity contribution >= 4 is 0 Å². The first-order chi connectivity index (χ1) is 12.1. The molecule has 1 atom stereocenters. The number of aromatic nitrogens is 3. The molecule has 0 saturated heterocycles. The minimum Gasteiger partial charge on any atom is -0.350 e. The van der Waals surface area contributed by atoms with E-state index in [-0.39, 0.29) is 0 Å². The molecule has 0 aliphatic rings. The molecule has 4 heteroatoms. The van der Waals surface area contributed by atoms with Crippen LogP contribution in [0.15, 0.2) is 61.1 Å². The van der Waals surface area contributed by atoms with Crippen LogP contribution in [0, 0.1) is 5.92 Å². The lowest BCUT2D eigenvalue weighted by atomic mass is 9.92. The summed E-state index contributed by atoms with van der Waals surface area (Å²) >= 11 is 0. The Hall–Kier alpha value is -2.33. The average Bonchev–Trinajstić information content (AvgIpc) is 3.21. The van der Waals surface area contributed by atoms with Crippen molar-refractivity contribution in [1.29, 1.82) is 0 Å². The summed E-state index contributed by atoms with van der Waals surface area (Å²) in [5.74, 6) is 1.05. The van der Waals surface area contributed by atoms with Crippen molar-refractivity contribution in [2.24, 2.45) is 13.0 Å². The van der Waals surface area contributed by atoms with Crippen LogP contribution >= 0.6 is 0 Å². The van der Waals surface area contributed by atoms with Crippen molar-refractivity contribution in [3.05, 3.63) is 77.9 Å². The number of nitrogens with one attached hydrogen (secondary N) is 1. The van der Waals surface area contributed by atoms with Gasteiger partial charge in [-0.2, -0.15) is 5.10 Å². The number of benzene rings is 1. The zero-order valence-electron chi connectivity index (χ0n) is 15.4. The van der Waals surface area contributed by atoms with E-state index in [1.807, 2.05) is 17.9 Å². The van der Waals surface area contributed by atoms with Crippen molar-refractivity contribution in [1.82, 2.24) is 19.7 Å². The Bertz CT molecular complexity index is 770. The smallest absolute Gasteiger partial charge is 0.0492 e. The van der Waals surface area contributed by atoms with Gasteiger partial charge in [-0.3, -0.25) is 4.68 Å². The van der Waals surface area contributed by atoms with Gasteiger partial charge in [-0.25, -0.2) is 0 Å². The van der Waals surface area contributed by atoms with Gasteiger partial charge in [0, 0.05) is 56.9 Å². The van der Waals surface area contributed by atoms with Crippen molar-refractivity contribution in [2.75, 3.05) is 6.54 Å². The third-order valence-corrected chi connectivity index (χ3v) is 4.76. The van der Waals surface area contributed by atoms with E-state index in [0.717, 1.165) is 19.6 Å². The lowest BCUT2D eigenvalue weighted by molar-refractivity contribution is 0.437. The Labute approximate surface area is 150 Å². The molecule has 0 spiro atoms. The molecular weight excluding hydrogens is 308 g/mol. The van der Waals surface area contributed by atoms with Gasteiger partial charge in [-0.1, -0.05) is 44.2 Å². The predicted molar refractivity (Wildman–Crippen MR) is 102 cm³/mol. The van der Waals surface area contributed by atoms with Crippen molar-refractivity contribution in [3.8, 4) is 0 Å². The molecule has 3 rings (SSSR count). The molecule has 0 amide bonds. The molecule has 0 fully saturated rings. The summed E-state index contributed by atoms with van der Waals surface area (Å²) in [4.78, 5) is 0. The quantitative estimate of drug-likeness (QED) is 0.679. The second-order valence-electron chi connectivity index (χ2n) is 7.04. The number of hydrogen-bond donors (Lipinski definition) is 1. The van der Waals surface area contributed by atoms with E-state index in [9.17, 15) is 0 Å². The lowest BCUT2D eigenvalue weighted by Gasteiger charge is -2.21. The van der Waals surface area contributed by atoms with Crippen LogP contribution in [0.3, 0.4) is 0 Å². The molecule has 1 aromatic carbocycles. The third kappa shape index (κ3) is 4.60. The third-order valence-electron chi connectivity index (χ3n) is 4.76. The molecule has 1 N–H and O–H groups in total. The van der Waals surface area contributed by atoms with Crippen molar-refractivity contribution < 1.29 is 0 Å². The summed E-state index contributed by atoms with van der Waals surface area (Å²) in [5, 5.41) is 7.94. The fraction of sp³-hybridized carbons (Fsp3) is 0.381. The molecular formula is C21H28N4. The zero-order chi connectivity index (χ0) is 17.6.